The van der Waals surface area contributed by atoms with Crippen molar-refractivity contribution in [2.45, 2.75) is 44.9 Å². The molecule has 19 heavy (non-hydrogen) atoms. The molecule has 0 fully saturated rings. The van der Waals surface area contributed by atoms with Crippen LogP contribution < -0.4 is 4.74 Å². The van der Waals surface area contributed by atoms with E-state index < -0.39 is 0 Å². The van der Waals surface area contributed by atoms with E-state index in [0.717, 1.165) is 37.9 Å². The van der Waals surface area contributed by atoms with Gasteiger partial charge < -0.3 is 4.74 Å². The maximum atomic E-state index is 11.7. The lowest BCUT2D eigenvalue weighted by atomic mass is 10.0. The number of ketones is 1. The van der Waals surface area contributed by atoms with Crippen LogP contribution >= 0.6 is 0 Å². The maximum Gasteiger partial charge on any atom is 0.133 e. The average molecular weight is 260 g/mol. The second kappa shape index (κ2) is 9.37. The van der Waals surface area contributed by atoms with Crippen LogP contribution in [0.5, 0.6) is 5.75 Å². The zero-order valence-electron chi connectivity index (χ0n) is 11.9. The molecule has 0 saturated carbocycles. The van der Waals surface area contributed by atoms with E-state index in [0.29, 0.717) is 18.6 Å². The van der Waals surface area contributed by atoms with Gasteiger partial charge in [0.15, 0.2) is 0 Å². The number of ether oxygens (including phenoxy) is 1. The van der Waals surface area contributed by atoms with E-state index in [1.807, 2.05) is 30.3 Å². The molecule has 0 amide bonds. The number of Topliss-reactive ketones (excluding diaryl/α,β-unsaturated/α-hetero) is 1. The van der Waals surface area contributed by atoms with E-state index in [2.05, 4.69) is 6.58 Å². The summed E-state index contributed by atoms with van der Waals surface area (Å²) in [5, 5.41) is 0. The number of hydrogen-bond donors (Lipinski definition) is 0. The molecule has 0 aliphatic heterocycles. The minimum Gasteiger partial charge on any atom is -0.497 e. The average Bonchev–Trinajstić information content (AvgIpc) is 2.45. The molecule has 0 saturated heterocycles. The number of unbranched alkanes of at least 4 members (excludes halogenated alkanes) is 3. The summed E-state index contributed by atoms with van der Waals surface area (Å²) in [7, 11) is 1.66. The molecule has 1 rings (SSSR count). The van der Waals surface area contributed by atoms with Gasteiger partial charge in [0, 0.05) is 12.8 Å². The van der Waals surface area contributed by atoms with Crippen molar-refractivity contribution in [2.75, 3.05) is 7.11 Å². The summed E-state index contributed by atoms with van der Waals surface area (Å²) in [6, 6.07) is 7.93. The van der Waals surface area contributed by atoms with Crippen LogP contribution in [-0.4, -0.2) is 12.9 Å². The molecule has 0 radical (unpaired) electrons. The highest BCUT2D eigenvalue weighted by Crippen LogP contribution is 2.13. The number of carbonyl (C=O) groups excluding carboxylic acids is 1. The Morgan fingerprint density at radius 1 is 1.16 bits per heavy atom. The minimum absolute atomic E-state index is 0.370. The Hall–Kier alpha value is -1.57. The van der Waals surface area contributed by atoms with Crippen LogP contribution in [0.15, 0.2) is 36.9 Å². The lowest BCUT2D eigenvalue weighted by molar-refractivity contribution is -0.119. The highest BCUT2D eigenvalue weighted by atomic mass is 16.5. The highest BCUT2D eigenvalue weighted by Gasteiger charge is 2.03. The molecule has 0 heterocycles. The molecule has 2 nitrogen and oxygen atoms in total. The number of allylic oxidation sites excluding steroid dienone is 1. The second-order valence-electron chi connectivity index (χ2n) is 4.77. The normalized spacial score (nSPS) is 10.2. The Kier molecular flexibility index (Phi) is 7.64. The number of benzene rings is 1. The van der Waals surface area contributed by atoms with Crippen molar-refractivity contribution in [2.24, 2.45) is 0 Å². The Balaban J connectivity index is 2.16. The fourth-order valence-electron chi connectivity index (χ4n) is 1.99. The molecule has 1 aromatic carbocycles. The number of carbonyl (C=O) groups is 1. The lowest BCUT2D eigenvalue weighted by Gasteiger charge is -2.03. The monoisotopic (exact) mass is 260 g/mol. The van der Waals surface area contributed by atoms with Crippen LogP contribution in [0.25, 0.3) is 0 Å². The maximum absolute atomic E-state index is 11.7. The third-order valence-electron chi connectivity index (χ3n) is 3.22. The molecule has 0 unspecified atom stereocenters. The van der Waals surface area contributed by atoms with Crippen LogP contribution in [0.4, 0.5) is 0 Å². The van der Waals surface area contributed by atoms with Crippen LogP contribution in [0.1, 0.15) is 44.1 Å². The van der Waals surface area contributed by atoms with Gasteiger partial charge in [-0.25, -0.2) is 0 Å². The van der Waals surface area contributed by atoms with Crippen LogP contribution in [0, 0.1) is 0 Å². The van der Waals surface area contributed by atoms with E-state index in [1.165, 1.54) is 5.56 Å². The summed E-state index contributed by atoms with van der Waals surface area (Å²) < 4.78 is 5.11. The van der Waals surface area contributed by atoms with Crippen molar-refractivity contribution >= 4 is 5.78 Å². The molecule has 1 aromatic rings. The smallest absolute Gasteiger partial charge is 0.133 e. The lowest BCUT2D eigenvalue weighted by Crippen LogP contribution is -2.00. The number of hydrogen-bond acceptors (Lipinski definition) is 2. The van der Waals surface area contributed by atoms with Crippen molar-refractivity contribution in [3.05, 3.63) is 42.5 Å². The molecule has 0 spiro atoms. The van der Waals surface area contributed by atoms with E-state index in [4.69, 9.17) is 4.74 Å². The molecule has 104 valence electrons. The fourth-order valence-corrected chi connectivity index (χ4v) is 1.99. The van der Waals surface area contributed by atoms with Gasteiger partial charge in [0.2, 0.25) is 0 Å². The first-order valence-electron chi connectivity index (χ1n) is 7.02. The predicted octanol–water partition coefficient (Wildman–Crippen LogP) is 4.33. The molecule has 0 aliphatic carbocycles. The molecule has 0 bridgehead atoms. The van der Waals surface area contributed by atoms with Gasteiger partial charge in [-0.3, -0.25) is 4.79 Å². The first-order chi connectivity index (χ1) is 9.26. The van der Waals surface area contributed by atoms with Gasteiger partial charge in [0.1, 0.15) is 11.5 Å². The summed E-state index contributed by atoms with van der Waals surface area (Å²) >= 11 is 0. The third-order valence-corrected chi connectivity index (χ3v) is 3.22. The molecule has 0 aromatic heterocycles. The summed E-state index contributed by atoms with van der Waals surface area (Å²) in [5.41, 5.74) is 1.20. The highest BCUT2D eigenvalue weighted by molar-refractivity contribution is 5.78. The van der Waals surface area contributed by atoms with Crippen molar-refractivity contribution in [1.82, 2.24) is 0 Å². The van der Waals surface area contributed by atoms with Gasteiger partial charge in [-0.2, -0.15) is 0 Å². The van der Waals surface area contributed by atoms with Crippen molar-refractivity contribution in [1.29, 1.82) is 0 Å². The zero-order chi connectivity index (χ0) is 13.9. The van der Waals surface area contributed by atoms with E-state index >= 15 is 0 Å². The topological polar surface area (TPSA) is 26.3 Å². The molecule has 0 aliphatic rings. The molecular weight excluding hydrogens is 236 g/mol. The largest absolute Gasteiger partial charge is 0.497 e. The van der Waals surface area contributed by atoms with Gasteiger partial charge in [-0.15, -0.1) is 6.58 Å². The number of rotatable bonds is 10. The van der Waals surface area contributed by atoms with Gasteiger partial charge in [-0.05, 0) is 43.4 Å². The summed E-state index contributed by atoms with van der Waals surface area (Å²) in [4.78, 5) is 11.7. The standard InChI is InChI=1S/C17H24O2/c1-3-4-5-6-7-8-16(18)12-9-15-10-13-17(19-2)14-11-15/h3,10-11,13-14H,1,4-9,12H2,2H3. The van der Waals surface area contributed by atoms with E-state index in [-0.39, 0.29) is 0 Å². The molecule has 2 heteroatoms. The first kappa shape index (κ1) is 15.5. The summed E-state index contributed by atoms with van der Waals surface area (Å²) in [5.74, 6) is 1.23. The molecule has 0 atom stereocenters. The second-order valence-corrected chi connectivity index (χ2v) is 4.77. The van der Waals surface area contributed by atoms with E-state index in [9.17, 15) is 4.79 Å². The first-order valence-corrected chi connectivity index (χ1v) is 7.02. The van der Waals surface area contributed by atoms with Crippen molar-refractivity contribution in [3.8, 4) is 5.75 Å². The van der Waals surface area contributed by atoms with Gasteiger partial charge >= 0.3 is 0 Å². The SMILES string of the molecule is C=CCCCCCC(=O)CCc1ccc(OC)cc1. The van der Waals surface area contributed by atoms with Crippen LogP contribution in [0.2, 0.25) is 0 Å². The van der Waals surface area contributed by atoms with Gasteiger partial charge in [0.25, 0.3) is 0 Å². The van der Waals surface area contributed by atoms with Gasteiger partial charge in [0.05, 0.1) is 7.11 Å². The molecule has 0 N–H and O–H groups in total. The minimum atomic E-state index is 0.370. The Labute approximate surface area is 116 Å². The van der Waals surface area contributed by atoms with Crippen molar-refractivity contribution < 1.29 is 9.53 Å². The van der Waals surface area contributed by atoms with E-state index in [1.54, 1.807) is 7.11 Å². The number of methoxy groups -OCH3 is 1. The number of aryl methyl sites for hydroxylation is 1. The molecular formula is C17H24O2. The van der Waals surface area contributed by atoms with Crippen molar-refractivity contribution in [3.63, 3.8) is 0 Å². The summed E-state index contributed by atoms with van der Waals surface area (Å²) in [6.45, 7) is 3.69. The van der Waals surface area contributed by atoms with Gasteiger partial charge in [-0.1, -0.05) is 24.6 Å². The quantitative estimate of drug-likeness (QED) is 0.462. The Bertz CT molecular complexity index is 379. The Morgan fingerprint density at radius 2 is 1.89 bits per heavy atom. The summed E-state index contributed by atoms with van der Waals surface area (Å²) in [6.07, 6.45) is 8.47. The predicted molar refractivity (Wildman–Crippen MR) is 79.6 cm³/mol. The van der Waals surface area contributed by atoms with Crippen LogP contribution in [0.3, 0.4) is 0 Å². The van der Waals surface area contributed by atoms with Crippen LogP contribution in [-0.2, 0) is 11.2 Å². The fraction of sp³-hybridized carbons (Fsp3) is 0.471. The zero-order valence-corrected chi connectivity index (χ0v) is 11.9. The Morgan fingerprint density at radius 3 is 2.53 bits per heavy atom. The third kappa shape index (κ3) is 6.80.